The Morgan fingerprint density at radius 2 is 2.06 bits per heavy atom. The summed E-state index contributed by atoms with van der Waals surface area (Å²) in [6, 6.07) is 9.17. The minimum atomic E-state index is -0.558. The smallest absolute Gasteiger partial charge is 0.407 e. The average Bonchev–Trinajstić information content (AvgIpc) is 2.62. The quantitative estimate of drug-likeness (QED) is 0.585. The van der Waals surface area contributed by atoms with Crippen LogP contribution < -0.4 is 4.74 Å². The zero-order chi connectivity index (χ0) is 11.5. The number of aromatic nitrogens is 2. The van der Waals surface area contributed by atoms with Crippen LogP contribution in [-0.2, 0) is 7.05 Å². The Hall–Kier alpha value is -2.37. The lowest BCUT2D eigenvalue weighted by molar-refractivity contribution is -0.389. The SMILES string of the molecule is Cn1cc([N+](=O)[O-])nc1Oc1ccccc1. The molecule has 0 amide bonds. The van der Waals surface area contributed by atoms with Crippen molar-refractivity contribution in [3.63, 3.8) is 0 Å². The van der Waals surface area contributed by atoms with Crippen molar-refractivity contribution in [1.82, 2.24) is 9.55 Å². The van der Waals surface area contributed by atoms with Crippen molar-refractivity contribution in [2.75, 3.05) is 0 Å². The summed E-state index contributed by atoms with van der Waals surface area (Å²) in [7, 11) is 1.64. The fraction of sp³-hybridized carbons (Fsp3) is 0.100. The monoisotopic (exact) mass is 219 g/mol. The molecule has 0 aliphatic carbocycles. The van der Waals surface area contributed by atoms with Crippen LogP contribution in [0, 0.1) is 10.1 Å². The first-order valence-corrected chi connectivity index (χ1v) is 4.57. The summed E-state index contributed by atoms with van der Waals surface area (Å²) in [5.74, 6) is 0.361. The van der Waals surface area contributed by atoms with Gasteiger partial charge in [-0.25, -0.2) is 0 Å². The summed E-state index contributed by atoms with van der Waals surface area (Å²) in [5.41, 5.74) is 0. The highest BCUT2D eigenvalue weighted by Gasteiger charge is 2.18. The number of hydrogen-bond acceptors (Lipinski definition) is 4. The molecule has 0 saturated heterocycles. The largest absolute Gasteiger partial charge is 0.419 e. The van der Waals surface area contributed by atoms with E-state index in [1.54, 1.807) is 19.2 Å². The topological polar surface area (TPSA) is 70.2 Å². The normalized spacial score (nSPS) is 10.1. The zero-order valence-electron chi connectivity index (χ0n) is 8.53. The van der Waals surface area contributed by atoms with E-state index in [9.17, 15) is 10.1 Å². The standard InChI is InChI=1S/C10H9N3O3/c1-12-7-9(13(14)15)11-10(12)16-8-5-3-2-4-6-8/h2-7H,1H3. The summed E-state index contributed by atoms with van der Waals surface area (Å²) in [5, 5.41) is 10.5. The van der Waals surface area contributed by atoms with E-state index in [2.05, 4.69) is 4.98 Å². The summed E-state index contributed by atoms with van der Waals surface area (Å²) < 4.78 is 6.85. The second-order valence-electron chi connectivity index (χ2n) is 3.16. The van der Waals surface area contributed by atoms with Crippen molar-refractivity contribution in [1.29, 1.82) is 0 Å². The third kappa shape index (κ3) is 2.00. The first-order valence-electron chi connectivity index (χ1n) is 4.57. The van der Waals surface area contributed by atoms with Gasteiger partial charge >= 0.3 is 11.8 Å². The van der Waals surface area contributed by atoms with Crippen LogP contribution in [-0.4, -0.2) is 14.5 Å². The molecule has 2 aromatic rings. The van der Waals surface area contributed by atoms with Crippen LogP contribution in [0.4, 0.5) is 5.82 Å². The molecule has 0 atom stereocenters. The highest BCUT2D eigenvalue weighted by molar-refractivity contribution is 5.27. The van der Waals surface area contributed by atoms with Crippen molar-refractivity contribution in [2.24, 2.45) is 7.05 Å². The minimum Gasteiger partial charge on any atom is -0.407 e. The van der Waals surface area contributed by atoms with Crippen molar-refractivity contribution in [3.05, 3.63) is 46.6 Å². The molecule has 1 heterocycles. The van der Waals surface area contributed by atoms with Crippen molar-refractivity contribution < 1.29 is 9.66 Å². The Balaban J connectivity index is 2.25. The third-order valence-electron chi connectivity index (χ3n) is 1.96. The number of rotatable bonds is 3. The third-order valence-corrected chi connectivity index (χ3v) is 1.96. The summed E-state index contributed by atoms with van der Waals surface area (Å²) >= 11 is 0. The zero-order valence-corrected chi connectivity index (χ0v) is 8.53. The minimum absolute atomic E-state index is 0.193. The van der Waals surface area contributed by atoms with Gasteiger partial charge in [0.15, 0.2) is 0 Å². The van der Waals surface area contributed by atoms with Gasteiger partial charge < -0.3 is 14.9 Å². The van der Waals surface area contributed by atoms with Crippen molar-refractivity contribution in [3.8, 4) is 11.8 Å². The molecule has 0 saturated carbocycles. The lowest BCUT2D eigenvalue weighted by atomic mass is 10.3. The number of para-hydroxylation sites is 1. The number of nitro groups is 1. The van der Waals surface area contributed by atoms with E-state index in [1.165, 1.54) is 10.8 Å². The Kier molecular flexibility index (Phi) is 2.55. The maximum atomic E-state index is 10.5. The number of hydrogen-bond donors (Lipinski definition) is 0. The van der Waals surface area contributed by atoms with Gasteiger partial charge in [-0.1, -0.05) is 18.2 Å². The molecule has 0 radical (unpaired) electrons. The molecule has 0 aliphatic heterocycles. The highest BCUT2D eigenvalue weighted by atomic mass is 16.6. The maximum Gasteiger partial charge on any atom is 0.419 e. The summed E-state index contributed by atoms with van der Waals surface area (Å²) in [6.45, 7) is 0. The summed E-state index contributed by atoms with van der Waals surface area (Å²) in [6.07, 6.45) is 1.30. The van der Waals surface area contributed by atoms with Gasteiger partial charge in [-0.05, 0) is 17.1 Å². The van der Waals surface area contributed by atoms with E-state index in [4.69, 9.17) is 4.74 Å². The number of aryl methyl sites for hydroxylation is 1. The van der Waals surface area contributed by atoms with Crippen LogP contribution >= 0.6 is 0 Å². The molecule has 0 spiro atoms. The molecule has 0 N–H and O–H groups in total. The number of nitrogens with zero attached hydrogens (tertiary/aromatic N) is 3. The average molecular weight is 219 g/mol. The van der Waals surface area contributed by atoms with Crippen LogP contribution in [0.5, 0.6) is 11.8 Å². The van der Waals surface area contributed by atoms with Gasteiger partial charge in [0.1, 0.15) is 11.9 Å². The predicted octanol–water partition coefficient (Wildman–Crippen LogP) is 2.12. The molecular formula is C10H9N3O3. The van der Waals surface area contributed by atoms with E-state index in [-0.39, 0.29) is 11.8 Å². The molecule has 16 heavy (non-hydrogen) atoms. The Morgan fingerprint density at radius 3 is 2.62 bits per heavy atom. The molecular weight excluding hydrogens is 210 g/mol. The Morgan fingerprint density at radius 1 is 1.38 bits per heavy atom. The lowest BCUT2D eigenvalue weighted by Crippen LogP contribution is -1.92. The molecule has 2 rings (SSSR count). The molecule has 1 aromatic carbocycles. The maximum absolute atomic E-state index is 10.5. The number of ether oxygens (including phenoxy) is 1. The van der Waals surface area contributed by atoms with E-state index >= 15 is 0 Å². The second kappa shape index (κ2) is 4.01. The second-order valence-corrected chi connectivity index (χ2v) is 3.16. The molecule has 6 heteroatoms. The van der Waals surface area contributed by atoms with Crippen molar-refractivity contribution >= 4 is 5.82 Å². The van der Waals surface area contributed by atoms with Gasteiger partial charge in [0, 0.05) is 12.0 Å². The number of benzene rings is 1. The van der Waals surface area contributed by atoms with E-state index in [0.717, 1.165) is 0 Å². The predicted molar refractivity (Wildman–Crippen MR) is 56.4 cm³/mol. The van der Waals surface area contributed by atoms with Gasteiger partial charge in [0.2, 0.25) is 0 Å². The fourth-order valence-corrected chi connectivity index (χ4v) is 1.21. The fourth-order valence-electron chi connectivity index (χ4n) is 1.21. The van der Waals surface area contributed by atoms with E-state index in [0.29, 0.717) is 5.75 Å². The molecule has 0 aliphatic rings. The van der Waals surface area contributed by atoms with E-state index < -0.39 is 4.92 Å². The van der Waals surface area contributed by atoms with Crippen LogP contribution in [0.3, 0.4) is 0 Å². The molecule has 0 bridgehead atoms. The number of imidazole rings is 1. The van der Waals surface area contributed by atoms with Crippen LogP contribution in [0.1, 0.15) is 0 Å². The molecule has 0 unspecified atom stereocenters. The van der Waals surface area contributed by atoms with Crippen LogP contribution in [0.2, 0.25) is 0 Å². The summed E-state index contributed by atoms with van der Waals surface area (Å²) in [4.78, 5) is 13.7. The molecule has 6 nitrogen and oxygen atoms in total. The Labute approximate surface area is 91.3 Å². The molecule has 1 aromatic heterocycles. The molecule has 0 fully saturated rings. The Bertz CT molecular complexity index is 507. The van der Waals surface area contributed by atoms with Gasteiger partial charge in [0.25, 0.3) is 0 Å². The first-order chi connectivity index (χ1) is 7.66. The van der Waals surface area contributed by atoms with Crippen LogP contribution in [0.15, 0.2) is 36.5 Å². The first kappa shape index (κ1) is 10.2. The molecule has 82 valence electrons. The van der Waals surface area contributed by atoms with Gasteiger partial charge in [0.05, 0.1) is 0 Å². The van der Waals surface area contributed by atoms with Gasteiger partial charge in [-0.3, -0.25) is 4.57 Å². The highest BCUT2D eigenvalue weighted by Crippen LogP contribution is 2.22. The van der Waals surface area contributed by atoms with E-state index in [1.807, 2.05) is 18.2 Å². The van der Waals surface area contributed by atoms with Crippen LogP contribution in [0.25, 0.3) is 0 Å². The van der Waals surface area contributed by atoms with Crippen molar-refractivity contribution in [2.45, 2.75) is 0 Å². The lowest BCUT2D eigenvalue weighted by Gasteiger charge is -1.99. The van der Waals surface area contributed by atoms with Gasteiger partial charge in [-0.2, -0.15) is 0 Å². The van der Waals surface area contributed by atoms with Gasteiger partial charge in [-0.15, -0.1) is 0 Å².